The van der Waals surface area contributed by atoms with Gasteiger partial charge in [0.15, 0.2) is 11.5 Å². The van der Waals surface area contributed by atoms with Gasteiger partial charge in [-0.25, -0.2) is 5.90 Å². The lowest BCUT2D eigenvalue weighted by molar-refractivity contribution is 0.115. The van der Waals surface area contributed by atoms with Gasteiger partial charge in [-0.1, -0.05) is 11.6 Å². The molecule has 0 aromatic heterocycles. The van der Waals surface area contributed by atoms with Crippen LogP contribution in [-0.2, 0) is 11.4 Å². The molecule has 0 saturated carbocycles. The van der Waals surface area contributed by atoms with Gasteiger partial charge in [0, 0.05) is 11.6 Å². The Morgan fingerprint density at radius 1 is 1.44 bits per heavy atom. The molecule has 5 nitrogen and oxygen atoms in total. The van der Waals surface area contributed by atoms with Gasteiger partial charge >= 0.3 is 0 Å². The molecule has 1 aromatic carbocycles. The maximum absolute atomic E-state index is 6.13. The molecule has 2 rings (SSSR count). The Bertz CT molecular complexity index is 397. The van der Waals surface area contributed by atoms with E-state index in [-0.39, 0.29) is 6.61 Å². The summed E-state index contributed by atoms with van der Waals surface area (Å²) >= 11 is 6.13. The number of halogens is 1. The zero-order valence-corrected chi connectivity index (χ0v) is 9.54. The summed E-state index contributed by atoms with van der Waals surface area (Å²) < 4.78 is 16.1. The molecule has 0 saturated heterocycles. The highest BCUT2D eigenvalue weighted by Gasteiger charge is 2.22. The summed E-state index contributed by atoms with van der Waals surface area (Å²) in [7, 11) is 1.53. The number of rotatable bonds is 3. The Morgan fingerprint density at radius 2 is 2.19 bits per heavy atom. The fourth-order valence-corrected chi connectivity index (χ4v) is 1.84. The van der Waals surface area contributed by atoms with Crippen molar-refractivity contribution >= 4 is 11.6 Å². The van der Waals surface area contributed by atoms with Crippen LogP contribution >= 0.6 is 11.6 Å². The Balaban J connectivity index is 2.52. The monoisotopic (exact) mass is 245 g/mol. The summed E-state index contributed by atoms with van der Waals surface area (Å²) in [6, 6.07) is 1.69. The van der Waals surface area contributed by atoms with E-state index >= 15 is 0 Å². The predicted octanol–water partition coefficient (Wildman–Crippen LogP) is 1.51. The van der Waals surface area contributed by atoms with Crippen molar-refractivity contribution in [2.45, 2.75) is 6.61 Å². The molecule has 1 aromatic rings. The van der Waals surface area contributed by atoms with E-state index in [9.17, 15) is 0 Å². The highest BCUT2D eigenvalue weighted by molar-refractivity contribution is 6.33. The molecule has 0 unspecified atom stereocenters. The SMILES string of the molecule is COc1cc2c(c(CON)c1Cl)OCCO2. The first kappa shape index (κ1) is 11.3. The normalized spacial score (nSPS) is 13.7. The number of hydrogen-bond acceptors (Lipinski definition) is 5. The number of fused-ring (bicyclic) bond motifs is 1. The fraction of sp³-hybridized carbons (Fsp3) is 0.400. The van der Waals surface area contributed by atoms with Gasteiger partial charge in [-0.15, -0.1) is 0 Å². The zero-order chi connectivity index (χ0) is 11.5. The topological polar surface area (TPSA) is 62.9 Å². The maximum Gasteiger partial charge on any atom is 0.168 e. The molecule has 0 aliphatic carbocycles. The van der Waals surface area contributed by atoms with E-state index < -0.39 is 0 Å². The molecular formula is C10H12ClNO4. The smallest absolute Gasteiger partial charge is 0.168 e. The molecular weight excluding hydrogens is 234 g/mol. The van der Waals surface area contributed by atoms with Gasteiger partial charge in [-0.2, -0.15) is 0 Å². The van der Waals surface area contributed by atoms with Gasteiger partial charge in [0.05, 0.1) is 18.7 Å². The second-order valence-corrected chi connectivity index (χ2v) is 3.58. The third-order valence-electron chi connectivity index (χ3n) is 2.28. The number of ether oxygens (including phenoxy) is 3. The summed E-state index contributed by atoms with van der Waals surface area (Å²) in [6.07, 6.45) is 0. The van der Waals surface area contributed by atoms with Crippen molar-refractivity contribution in [1.29, 1.82) is 0 Å². The average molecular weight is 246 g/mol. The van der Waals surface area contributed by atoms with E-state index in [1.54, 1.807) is 6.07 Å². The molecule has 1 aliphatic rings. The molecule has 2 N–H and O–H groups in total. The third-order valence-corrected chi connectivity index (χ3v) is 2.69. The molecule has 0 bridgehead atoms. The van der Waals surface area contributed by atoms with Crippen LogP contribution in [0.5, 0.6) is 17.2 Å². The van der Waals surface area contributed by atoms with Gasteiger partial charge in [0.1, 0.15) is 19.0 Å². The van der Waals surface area contributed by atoms with Crippen molar-refractivity contribution < 1.29 is 19.0 Å². The van der Waals surface area contributed by atoms with Gasteiger partial charge in [-0.05, 0) is 0 Å². The van der Waals surface area contributed by atoms with Gasteiger partial charge in [-0.3, -0.25) is 4.84 Å². The zero-order valence-electron chi connectivity index (χ0n) is 8.79. The molecule has 0 fully saturated rings. The second-order valence-electron chi connectivity index (χ2n) is 3.21. The minimum atomic E-state index is 0.141. The summed E-state index contributed by atoms with van der Waals surface area (Å²) in [5, 5.41) is 0.428. The van der Waals surface area contributed by atoms with Crippen molar-refractivity contribution in [1.82, 2.24) is 0 Å². The molecule has 6 heteroatoms. The molecule has 1 aliphatic heterocycles. The molecule has 0 amide bonds. The third kappa shape index (κ3) is 1.89. The van der Waals surface area contributed by atoms with Crippen molar-refractivity contribution in [2.75, 3.05) is 20.3 Å². The van der Waals surface area contributed by atoms with Crippen LogP contribution < -0.4 is 20.1 Å². The van der Waals surface area contributed by atoms with Crippen LogP contribution in [0.4, 0.5) is 0 Å². The Hall–Kier alpha value is -1.17. The van der Waals surface area contributed by atoms with Crippen LogP contribution in [0.15, 0.2) is 6.07 Å². The van der Waals surface area contributed by atoms with Crippen LogP contribution in [0.25, 0.3) is 0 Å². The minimum Gasteiger partial charge on any atom is -0.495 e. The van der Waals surface area contributed by atoms with Gasteiger partial charge in [0.2, 0.25) is 0 Å². The number of benzene rings is 1. The fourth-order valence-electron chi connectivity index (χ4n) is 1.57. The molecule has 1 heterocycles. The minimum absolute atomic E-state index is 0.141. The molecule has 0 spiro atoms. The lowest BCUT2D eigenvalue weighted by Gasteiger charge is -2.22. The van der Waals surface area contributed by atoms with E-state index in [1.807, 2.05) is 0 Å². The quantitative estimate of drug-likeness (QED) is 0.818. The predicted molar refractivity (Wildman–Crippen MR) is 58.0 cm³/mol. The van der Waals surface area contributed by atoms with Crippen LogP contribution in [0.2, 0.25) is 5.02 Å². The molecule has 88 valence electrons. The summed E-state index contributed by atoms with van der Waals surface area (Å²) in [5.74, 6) is 6.74. The standard InChI is InChI=1S/C10H12ClNO4/c1-13-7-4-8-10(15-3-2-14-8)6(5-16-12)9(7)11/h4H,2-3,5,12H2,1H3. The van der Waals surface area contributed by atoms with E-state index in [1.165, 1.54) is 7.11 Å². The highest BCUT2D eigenvalue weighted by atomic mass is 35.5. The van der Waals surface area contributed by atoms with Crippen molar-refractivity contribution in [3.8, 4) is 17.2 Å². The Morgan fingerprint density at radius 3 is 2.88 bits per heavy atom. The second kappa shape index (κ2) is 4.78. The van der Waals surface area contributed by atoms with E-state index in [0.717, 1.165) is 0 Å². The van der Waals surface area contributed by atoms with Crippen LogP contribution in [-0.4, -0.2) is 20.3 Å². The molecule has 0 atom stereocenters. The van der Waals surface area contributed by atoms with E-state index in [2.05, 4.69) is 4.84 Å². The van der Waals surface area contributed by atoms with Crippen LogP contribution in [0.1, 0.15) is 5.56 Å². The highest BCUT2D eigenvalue weighted by Crippen LogP contribution is 2.43. The lowest BCUT2D eigenvalue weighted by Crippen LogP contribution is -2.17. The van der Waals surface area contributed by atoms with Crippen LogP contribution in [0.3, 0.4) is 0 Å². The van der Waals surface area contributed by atoms with E-state index in [4.69, 9.17) is 31.7 Å². The van der Waals surface area contributed by atoms with Gasteiger partial charge in [0.25, 0.3) is 0 Å². The first-order valence-electron chi connectivity index (χ1n) is 4.74. The van der Waals surface area contributed by atoms with Gasteiger partial charge < -0.3 is 14.2 Å². The largest absolute Gasteiger partial charge is 0.495 e. The Kier molecular flexibility index (Phi) is 3.38. The first-order valence-corrected chi connectivity index (χ1v) is 5.12. The maximum atomic E-state index is 6.13. The average Bonchev–Trinajstić information content (AvgIpc) is 2.32. The summed E-state index contributed by atoms with van der Waals surface area (Å²) in [6.45, 7) is 1.12. The number of methoxy groups -OCH3 is 1. The molecule has 16 heavy (non-hydrogen) atoms. The molecule has 0 radical (unpaired) electrons. The van der Waals surface area contributed by atoms with Crippen LogP contribution in [0, 0.1) is 0 Å². The van der Waals surface area contributed by atoms with Crippen molar-refractivity contribution in [3.63, 3.8) is 0 Å². The van der Waals surface area contributed by atoms with Crippen molar-refractivity contribution in [2.24, 2.45) is 5.90 Å². The summed E-state index contributed by atoms with van der Waals surface area (Å²) in [5.41, 5.74) is 0.637. The summed E-state index contributed by atoms with van der Waals surface area (Å²) in [4.78, 5) is 4.60. The first-order chi connectivity index (χ1) is 7.77. The van der Waals surface area contributed by atoms with E-state index in [0.29, 0.717) is 41.0 Å². The number of nitrogens with two attached hydrogens (primary N) is 1. The lowest BCUT2D eigenvalue weighted by atomic mass is 10.1. The Labute approximate surface area is 97.9 Å². The number of hydrogen-bond donors (Lipinski definition) is 1. The van der Waals surface area contributed by atoms with Crippen molar-refractivity contribution in [3.05, 3.63) is 16.7 Å².